The van der Waals surface area contributed by atoms with E-state index in [-0.39, 0.29) is 0 Å². The molecule has 1 aliphatic rings. The molecule has 1 aromatic rings. The zero-order valence-corrected chi connectivity index (χ0v) is 17.0. The Morgan fingerprint density at radius 3 is 2.62 bits per heavy atom. The van der Waals surface area contributed by atoms with Crippen molar-refractivity contribution in [3.63, 3.8) is 0 Å². The lowest BCUT2D eigenvalue weighted by Gasteiger charge is -2.28. The highest BCUT2D eigenvalue weighted by Gasteiger charge is 2.16. The van der Waals surface area contributed by atoms with Crippen LogP contribution in [0.25, 0.3) is 0 Å². The van der Waals surface area contributed by atoms with Gasteiger partial charge in [0.15, 0.2) is 15.8 Å². The Labute approximate surface area is 158 Å². The first-order chi connectivity index (χ1) is 12.4. The minimum absolute atomic E-state index is 0.363. The molecule has 26 heavy (non-hydrogen) atoms. The van der Waals surface area contributed by atoms with Crippen LogP contribution in [0.4, 0.5) is 0 Å². The van der Waals surface area contributed by atoms with E-state index < -0.39 is 9.84 Å². The average molecular weight is 381 g/mol. The fraction of sp³-hybridized carbons (Fsp3) is 0.632. The molecule has 2 N–H and O–H groups in total. The maximum absolute atomic E-state index is 11.5. The van der Waals surface area contributed by atoms with Crippen LogP contribution < -0.4 is 10.6 Å². The van der Waals surface area contributed by atoms with Gasteiger partial charge in [0, 0.05) is 32.4 Å². The van der Waals surface area contributed by atoms with Crippen LogP contribution in [-0.4, -0.2) is 65.3 Å². The second-order valence-corrected chi connectivity index (χ2v) is 9.10. The van der Waals surface area contributed by atoms with Crippen molar-refractivity contribution < 1.29 is 8.42 Å². The molecule has 1 atom stereocenters. The summed E-state index contributed by atoms with van der Waals surface area (Å²) in [6, 6.07) is 7.09. The number of rotatable bonds is 7. The first-order valence-corrected chi connectivity index (χ1v) is 11.3. The molecule has 0 amide bonds. The molecule has 0 saturated carbocycles. The number of hydrogen-bond donors (Lipinski definition) is 2. The molecule has 146 valence electrons. The molecule has 1 aliphatic heterocycles. The maximum atomic E-state index is 11.5. The van der Waals surface area contributed by atoms with E-state index in [1.165, 1.54) is 25.6 Å². The number of aliphatic imine (C=N–C) groups is 1. The van der Waals surface area contributed by atoms with E-state index in [0.717, 1.165) is 44.1 Å². The number of guanidine groups is 1. The molecule has 0 bridgehead atoms. The Morgan fingerprint density at radius 1 is 1.27 bits per heavy atom. The van der Waals surface area contributed by atoms with E-state index in [4.69, 9.17) is 4.99 Å². The van der Waals surface area contributed by atoms with Crippen molar-refractivity contribution in [3.8, 4) is 0 Å². The van der Waals surface area contributed by atoms with Gasteiger partial charge < -0.3 is 15.5 Å². The number of nitrogens with zero attached hydrogens (tertiary/aromatic N) is 2. The Morgan fingerprint density at radius 2 is 2.00 bits per heavy atom. The highest BCUT2D eigenvalue weighted by atomic mass is 32.2. The summed E-state index contributed by atoms with van der Waals surface area (Å²) < 4.78 is 23.0. The van der Waals surface area contributed by atoms with E-state index in [2.05, 4.69) is 29.5 Å². The molecule has 0 aromatic heterocycles. The fourth-order valence-corrected chi connectivity index (χ4v) is 3.84. The molecule has 1 unspecified atom stereocenters. The monoisotopic (exact) mass is 380 g/mol. The number of hydrogen-bond acceptors (Lipinski definition) is 4. The maximum Gasteiger partial charge on any atom is 0.191 e. The summed E-state index contributed by atoms with van der Waals surface area (Å²) in [6.45, 7) is 6.82. The molecule has 6 nitrogen and oxygen atoms in total. The van der Waals surface area contributed by atoms with Gasteiger partial charge in [-0.3, -0.25) is 4.99 Å². The van der Waals surface area contributed by atoms with Crippen LogP contribution >= 0.6 is 0 Å². The largest absolute Gasteiger partial charge is 0.357 e. The minimum Gasteiger partial charge on any atom is -0.357 e. The summed E-state index contributed by atoms with van der Waals surface area (Å²) in [5.41, 5.74) is 1.11. The summed E-state index contributed by atoms with van der Waals surface area (Å²) in [5, 5.41) is 6.67. The summed E-state index contributed by atoms with van der Waals surface area (Å²) in [5.74, 6) is 1.49. The Hall–Kier alpha value is -1.60. The van der Waals surface area contributed by atoms with Gasteiger partial charge in [-0.15, -0.1) is 0 Å². The molecule has 1 heterocycles. The van der Waals surface area contributed by atoms with Gasteiger partial charge in [0.1, 0.15) is 0 Å². The van der Waals surface area contributed by atoms with Crippen molar-refractivity contribution in [2.45, 2.75) is 31.1 Å². The van der Waals surface area contributed by atoms with E-state index >= 15 is 0 Å². The van der Waals surface area contributed by atoms with E-state index in [1.54, 1.807) is 12.1 Å². The summed E-state index contributed by atoms with van der Waals surface area (Å²) in [6.07, 6.45) is 4.55. The molecule has 2 rings (SSSR count). The summed E-state index contributed by atoms with van der Waals surface area (Å²) in [4.78, 5) is 7.48. The van der Waals surface area contributed by atoms with Crippen LogP contribution in [0.5, 0.6) is 0 Å². The number of likely N-dealkylation sites (tertiary alicyclic amines) is 1. The van der Waals surface area contributed by atoms with Gasteiger partial charge in [-0.05, 0) is 63.4 Å². The Balaban J connectivity index is 1.83. The highest BCUT2D eigenvalue weighted by Crippen LogP contribution is 2.15. The topological polar surface area (TPSA) is 73.8 Å². The molecule has 1 saturated heterocycles. The van der Waals surface area contributed by atoms with Crippen molar-refractivity contribution in [1.82, 2.24) is 15.5 Å². The molecular weight excluding hydrogens is 348 g/mol. The van der Waals surface area contributed by atoms with Crippen LogP contribution in [-0.2, 0) is 16.3 Å². The van der Waals surface area contributed by atoms with Crippen molar-refractivity contribution >= 4 is 15.8 Å². The number of sulfone groups is 1. The van der Waals surface area contributed by atoms with E-state index in [9.17, 15) is 8.42 Å². The third kappa shape index (κ3) is 6.96. The second kappa shape index (κ2) is 9.92. The van der Waals surface area contributed by atoms with E-state index in [0.29, 0.717) is 10.8 Å². The average Bonchev–Trinajstić information content (AvgIpc) is 2.59. The number of nitrogens with one attached hydrogen (secondary N) is 2. The number of benzene rings is 1. The molecule has 0 spiro atoms. The SMILES string of the molecule is CCNC(=NCC1CCCN(C)C1)NCCc1ccc(S(C)(=O)=O)cc1. The van der Waals surface area contributed by atoms with Crippen molar-refractivity contribution in [2.24, 2.45) is 10.9 Å². The molecular formula is C19H32N4O2S. The predicted molar refractivity (Wildman–Crippen MR) is 107 cm³/mol. The Kier molecular flexibility index (Phi) is 7.90. The lowest BCUT2D eigenvalue weighted by Crippen LogP contribution is -2.39. The van der Waals surface area contributed by atoms with Crippen LogP contribution in [0.1, 0.15) is 25.3 Å². The lowest BCUT2D eigenvalue weighted by atomic mass is 9.99. The zero-order chi connectivity index (χ0) is 19.0. The predicted octanol–water partition coefficient (Wildman–Crippen LogP) is 1.53. The molecule has 1 aromatic carbocycles. The Bertz CT molecular complexity index is 686. The second-order valence-electron chi connectivity index (χ2n) is 7.08. The van der Waals surface area contributed by atoms with Crippen LogP contribution in [0.3, 0.4) is 0 Å². The van der Waals surface area contributed by atoms with Crippen LogP contribution in [0, 0.1) is 5.92 Å². The van der Waals surface area contributed by atoms with Crippen LogP contribution in [0.15, 0.2) is 34.2 Å². The summed E-state index contributed by atoms with van der Waals surface area (Å²) >= 11 is 0. The quantitative estimate of drug-likeness (QED) is 0.554. The summed E-state index contributed by atoms with van der Waals surface area (Å²) in [7, 11) is -0.956. The molecule has 0 radical (unpaired) electrons. The third-order valence-electron chi connectivity index (χ3n) is 4.63. The van der Waals surface area contributed by atoms with Crippen LogP contribution in [0.2, 0.25) is 0 Å². The zero-order valence-electron chi connectivity index (χ0n) is 16.2. The van der Waals surface area contributed by atoms with Crippen molar-refractivity contribution in [2.75, 3.05) is 46.0 Å². The smallest absolute Gasteiger partial charge is 0.191 e. The normalized spacial score (nSPS) is 19.3. The standard InChI is InChI=1S/C19H32N4O2S/c1-4-20-19(22-14-17-6-5-13-23(2)15-17)21-12-11-16-7-9-18(10-8-16)26(3,24)25/h7-10,17H,4-6,11-15H2,1-3H3,(H2,20,21,22). The minimum atomic E-state index is -3.13. The number of piperidine rings is 1. The highest BCUT2D eigenvalue weighted by molar-refractivity contribution is 7.90. The van der Waals surface area contributed by atoms with Gasteiger partial charge >= 0.3 is 0 Å². The van der Waals surface area contributed by atoms with Gasteiger partial charge in [-0.1, -0.05) is 12.1 Å². The fourth-order valence-electron chi connectivity index (χ4n) is 3.21. The van der Waals surface area contributed by atoms with Gasteiger partial charge in [-0.25, -0.2) is 8.42 Å². The third-order valence-corrected chi connectivity index (χ3v) is 5.76. The molecule has 1 fully saturated rings. The first-order valence-electron chi connectivity index (χ1n) is 9.38. The molecule has 0 aliphatic carbocycles. The van der Waals surface area contributed by atoms with Crippen molar-refractivity contribution in [3.05, 3.63) is 29.8 Å². The molecule has 7 heteroatoms. The van der Waals surface area contributed by atoms with E-state index in [1.807, 2.05) is 12.1 Å². The van der Waals surface area contributed by atoms with Gasteiger partial charge in [-0.2, -0.15) is 0 Å². The van der Waals surface area contributed by atoms with Crippen molar-refractivity contribution in [1.29, 1.82) is 0 Å². The van der Waals surface area contributed by atoms with Gasteiger partial charge in [0.2, 0.25) is 0 Å². The van der Waals surface area contributed by atoms with Gasteiger partial charge in [0.05, 0.1) is 4.90 Å². The first kappa shape index (κ1) is 20.7. The lowest BCUT2D eigenvalue weighted by molar-refractivity contribution is 0.214. The van der Waals surface area contributed by atoms with Gasteiger partial charge in [0.25, 0.3) is 0 Å².